The van der Waals surface area contributed by atoms with Crippen LogP contribution in [0.4, 0.5) is 11.4 Å². The summed E-state index contributed by atoms with van der Waals surface area (Å²) in [7, 11) is -3.78. The van der Waals surface area contributed by atoms with E-state index in [4.69, 9.17) is 27.9 Å². The Morgan fingerprint density at radius 2 is 1.83 bits per heavy atom. The molecule has 0 unspecified atom stereocenters. The molecule has 1 saturated heterocycles. The van der Waals surface area contributed by atoms with Gasteiger partial charge in [0.05, 0.1) is 35.5 Å². The molecule has 7 nitrogen and oxygen atoms in total. The van der Waals surface area contributed by atoms with Gasteiger partial charge in [-0.05, 0) is 42.8 Å². The number of morpholine rings is 1. The van der Waals surface area contributed by atoms with Crippen molar-refractivity contribution in [2.24, 2.45) is 0 Å². The fourth-order valence-corrected chi connectivity index (χ4v) is 5.06. The van der Waals surface area contributed by atoms with Crippen molar-refractivity contribution in [2.75, 3.05) is 43.5 Å². The van der Waals surface area contributed by atoms with Crippen LogP contribution in [-0.2, 0) is 19.6 Å². The molecule has 1 amide bonds. The molecule has 1 aliphatic rings. The molecule has 10 heteroatoms. The normalized spacial score (nSPS) is 15.1. The van der Waals surface area contributed by atoms with Gasteiger partial charge in [0.15, 0.2) is 0 Å². The van der Waals surface area contributed by atoms with Gasteiger partial charge in [0.25, 0.3) is 0 Å². The molecule has 2 N–H and O–H groups in total. The number of hydrogen-bond acceptors (Lipinski definition) is 5. The van der Waals surface area contributed by atoms with Gasteiger partial charge in [-0.25, -0.2) is 8.42 Å². The first kappa shape index (κ1) is 21.9. The SMILES string of the molecule is Cc1ccc(NCC(=O)Nc2ccc(Cl)c(S(=O)(=O)N3CCOCC3)c2)c(Cl)c1. The van der Waals surface area contributed by atoms with E-state index in [1.165, 1.54) is 16.4 Å². The Labute approximate surface area is 180 Å². The quantitative estimate of drug-likeness (QED) is 0.693. The summed E-state index contributed by atoms with van der Waals surface area (Å²) in [6, 6.07) is 9.84. The standard InChI is InChI=1S/C19H21Cl2N3O4S/c1-13-2-5-17(16(21)10-13)22-12-19(25)23-14-3-4-15(20)18(11-14)29(26,27)24-6-8-28-9-7-24/h2-5,10-11,22H,6-9,12H2,1H3,(H,23,25). The first-order valence-corrected chi connectivity index (χ1v) is 11.1. The van der Waals surface area contributed by atoms with Crippen LogP contribution in [0.15, 0.2) is 41.3 Å². The lowest BCUT2D eigenvalue weighted by atomic mass is 10.2. The number of ether oxygens (including phenoxy) is 1. The molecule has 0 bridgehead atoms. The highest BCUT2D eigenvalue weighted by Crippen LogP contribution is 2.28. The Kier molecular flexibility index (Phi) is 7.02. The van der Waals surface area contributed by atoms with Gasteiger partial charge in [-0.2, -0.15) is 4.31 Å². The lowest BCUT2D eigenvalue weighted by Crippen LogP contribution is -2.40. The zero-order valence-corrected chi connectivity index (χ0v) is 18.1. The number of carbonyl (C=O) groups excluding carboxylic acids is 1. The van der Waals surface area contributed by atoms with Crippen LogP contribution in [0.3, 0.4) is 0 Å². The number of nitrogens with one attached hydrogen (secondary N) is 2. The number of amides is 1. The van der Waals surface area contributed by atoms with E-state index >= 15 is 0 Å². The number of nitrogens with zero attached hydrogens (tertiary/aromatic N) is 1. The smallest absolute Gasteiger partial charge is 0.244 e. The third kappa shape index (κ3) is 5.40. The van der Waals surface area contributed by atoms with Crippen LogP contribution in [0.5, 0.6) is 0 Å². The molecular formula is C19H21Cl2N3O4S. The minimum atomic E-state index is -3.78. The highest BCUT2D eigenvalue weighted by Gasteiger charge is 2.28. The second-order valence-electron chi connectivity index (χ2n) is 6.55. The van der Waals surface area contributed by atoms with E-state index in [0.29, 0.717) is 29.6 Å². The number of aryl methyl sites for hydroxylation is 1. The lowest BCUT2D eigenvalue weighted by Gasteiger charge is -2.26. The predicted molar refractivity (Wildman–Crippen MR) is 114 cm³/mol. The van der Waals surface area contributed by atoms with E-state index in [1.807, 2.05) is 13.0 Å². The van der Waals surface area contributed by atoms with E-state index < -0.39 is 10.0 Å². The zero-order valence-electron chi connectivity index (χ0n) is 15.7. The molecule has 1 heterocycles. The Bertz CT molecular complexity index is 1010. The summed E-state index contributed by atoms with van der Waals surface area (Å²) in [5, 5.41) is 6.25. The van der Waals surface area contributed by atoms with Gasteiger partial charge in [-0.1, -0.05) is 29.3 Å². The molecule has 1 fully saturated rings. The van der Waals surface area contributed by atoms with E-state index in [0.717, 1.165) is 5.56 Å². The average Bonchev–Trinajstić information content (AvgIpc) is 2.69. The number of anilines is 2. The summed E-state index contributed by atoms with van der Waals surface area (Å²) >= 11 is 12.3. The van der Waals surface area contributed by atoms with Crippen molar-refractivity contribution in [3.8, 4) is 0 Å². The minimum Gasteiger partial charge on any atom is -0.379 e. The molecule has 0 spiro atoms. The van der Waals surface area contributed by atoms with Gasteiger partial charge in [0.2, 0.25) is 15.9 Å². The van der Waals surface area contributed by atoms with Crippen molar-refractivity contribution in [3.05, 3.63) is 52.0 Å². The fourth-order valence-electron chi connectivity index (χ4n) is 2.85. The monoisotopic (exact) mass is 457 g/mol. The van der Waals surface area contributed by atoms with Crippen LogP contribution in [-0.4, -0.2) is 51.5 Å². The fraction of sp³-hybridized carbons (Fsp3) is 0.316. The van der Waals surface area contributed by atoms with E-state index in [2.05, 4.69) is 10.6 Å². The van der Waals surface area contributed by atoms with Crippen molar-refractivity contribution in [1.29, 1.82) is 0 Å². The van der Waals surface area contributed by atoms with E-state index in [1.54, 1.807) is 18.2 Å². The van der Waals surface area contributed by atoms with Gasteiger partial charge in [0, 0.05) is 18.8 Å². The lowest BCUT2D eigenvalue weighted by molar-refractivity contribution is -0.114. The summed E-state index contributed by atoms with van der Waals surface area (Å²) < 4.78 is 32.3. The second kappa shape index (κ2) is 9.32. The van der Waals surface area contributed by atoms with Crippen LogP contribution in [0.1, 0.15) is 5.56 Å². The third-order valence-corrected chi connectivity index (χ3v) is 7.06. The van der Waals surface area contributed by atoms with Gasteiger partial charge < -0.3 is 15.4 Å². The van der Waals surface area contributed by atoms with Crippen molar-refractivity contribution in [2.45, 2.75) is 11.8 Å². The maximum atomic E-state index is 12.9. The number of carbonyl (C=O) groups is 1. The summed E-state index contributed by atoms with van der Waals surface area (Å²) in [6.45, 7) is 3.08. The molecule has 2 aromatic rings. The van der Waals surface area contributed by atoms with Crippen molar-refractivity contribution < 1.29 is 17.9 Å². The number of halogens is 2. The van der Waals surface area contributed by atoms with Gasteiger partial charge in [0.1, 0.15) is 4.90 Å². The van der Waals surface area contributed by atoms with Gasteiger partial charge in [-0.3, -0.25) is 4.79 Å². The summed E-state index contributed by atoms with van der Waals surface area (Å²) in [6.07, 6.45) is 0. The molecule has 0 saturated carbocycles. The Balaban J connectivity index is 1.69. The molecular weight excluding hydrogens is 437 g/mol. The Morgan fingerprint density at radius 3 is 2.52 bits per heavy atom. The highest BCUT2D eigenvalue weighted by atomic mass is 35.5. The first-order chi connectivity index (χ1) is 13.8. The third-order valence-electron chi connectivity index (χ3n) is 4.37. The second-order valence-corrected chi connectivity index (χ2v) is 9.27. The summed E-state index contributed by atoms with van der Waals surface area (Å²) in [5.74, 6) is -0.348. The predicted octanol–water partition coefficient (Wildman–Crippen LogP) is 3.37. The molecule has 156 valence electrons. The topological polar surface area (TPSA) is 87.7 Å². The summed E-state index contributed by atoms with van der Waals surface area (Å²) in [4.78, 5) is 12.2. The van der Waals surface area contributed by atoms with Crippen molar-refractivity contribution in [3.63, 3.8) is 0 Å². The van der Waals surface area contributed by atoms with Crippen LogP contribution in [0.2, 0.25) is 10.0 Å². The molecule has 29 heavy (non-hydrogen) atoms. The molecule has 2 aromatic carbocycles. The van der Waals surface area contributed by atoms with E-state index in [-0.39, 0.29) is 35.5 Å². The summed E-state index contributed by atoms with van der Waals surface area (Å²) in [5.41, 5.74) is 1.99. The number of rotatable bonds is 6. The van der Waals surface area contributed by atoms with Gasteiger partial charge >= 0.3 is 0 Å². The van der Waals surface area contributed by atoms with E-state index in [9.17, 15) is 13.2 Å². The van der Waals surface area contributed by atoms with Crippen LogP contribution >= 0.6 is 23.2 Å². The molecule has 3 rings (SSSR count). The van der Waals surface area contributed by atoms with Crippen molar-refractivity contribution >= 4 is 50.5 Å². The van der Waals surface area contributed by atoms with Crippen molar-refractivity contribution in [1.82, 2.24) is 4.31 Å². The zero-order chi connectivity index (χ0) is 21.0. The van der Waals surface area contributed by atoms with Crippen LogP contribution in [0.25, 0.3) is 0 Å². The van der Waals surface area contributed by atoms with Crippen LogP contribution < -0.4 is 10.6 Å². The highest BCUT2D eigenvalue weighted by molar-refractivity contribution is 7.89. The Morgan fingerprint density at radius 1 is 1.10 bits per heavy atom. The average molecular weight is 458 g/mol. The first-order valence-electron chi connectivity index (χ1n) is 8.95. The molecule has 0 atom stereocenters. The van der Waals surface area contributed by atoms with Gasteiger partial charge in [-0.15, -0.1) is 0 Å². The molecule has 1 aliphatic heterocycles. The Hall–Kier alpha value is -1.84. The number of benzene rings is 2. The minimum absolute atomic E-state index is 0.0308. The maximum absolute atomic E-state index is 12.9. The largest absolute Gasteiger partial charge is 0.379 e. The van der Waals surface area contributed by atoms with Crippen LogP contribution in [0, 0.1) is 6.92 Å². The number of hydrogen-bond donors (Lipinski definition) is 2. The number of sulfonamides is 1. The molecule has 0 radical (unpaired) electrons. The maximum Gasteiger partial charge on any atom is 0.244 e. The molecule has 0 aromatic heterocycles. The molecule has 0 aliphatic carbocycles.